The normalized spacial score (nSPS) is 17.8. The van der Waals surface area contributed by atoms with E-state index < -0.39 is 11.8 Å². The lowest BCUT2D eigenvalue weighted by Gasteiger charge is -2.24. The monoisotopic (exact) mass is 288 g/mol. The quantitative estimate of drug-likeness (QED) is 0.944. The van der Waals surface area contributed by atoms with Crippen LogP contribution in [0.1, 0.15) is 45.1 Å². The van der Waals surface area contributed by atoms with Gasteiger partial charge in [-0.25, -0.2) is 4.79 Å². The summed E-state index contributed by atoms with van der Waals surface area (Å²) in [4.78, 5) is 24.4. The van der Waals surface area contributed by atoms with Crippen LogP contribution in [0.3, 0.4) is 0 Å². The number of para-hydroxylation sites is 2. The van der Waals surface area contributed by atoms with Crippen LogP contribution < -0.4 is 11.1 Å². The highest BCUT2D eigenvalue weighted by molar-refractivity contribution is 5.83. The molecule has 2 aromatic rings. The molecule has 21 heavy (non-hydrogen) atoms. The van der Waals surface area contributed by atoms with Crippen LogP contribution >= 0.6 is 0 Å². The van der Waals surface area contributed by atoms with Gasteiger partial charge in [-0.2, -0.15) is 0 Å². The smallest absolute Gasteiger partial charge is 0.408 e. The lowest BCUT2D eigenvalue weighted by Crippen LogP contribution is -2.41. The molecule has 0 radical (unpaired) electrons. The standard InChI is InChI=1S/C16H20N2O3/c1-11(15(19)17-12-7-3-2-4-8-12)18-13-9-5-6-10-14(13)21-16(18)20/h5-6,9-12H,2-4,7-8H2,1H3,(H,17,19). The molecule has 0 spiro atoms. The van der Waals surface area contributed by atoms with Gasteiger partial charge in [0.2, 0.25) is 5.91 Å². The van der Waals surface area contributed by atoms with Gasteiger partial charge in [0.25, 0.3) is 0 Å². The molecule has 1 aliphatic rings. The molecule has 1 N–H and O–H groups in total. The van der Waals surface area contributed by atoms with E-state index in [9.17, 15) is 9.59 Å². The average Bonchev–Trinajstić information content (AvgIpc) is 2.83. The number of nitrogens with zero attached hydrogens (tertiary/aromatic N) is 1. The Kier molecular flexibility index (Phi) is 3.82. The Morgan fingerprint density at radius 1 is 1.29 bits per heavy atom. The number of benzene rings is 1. The highest BCUT2D eigenvalue weighted by Crippen LogP contribution is 2.20. The molecular weight excluding hydrogens is 268 g/mol. The average molecular weight is 288 g/mol. The second-order valence-corrected chi connectivity index (χ2v) is 5.73. The van der Waals surface area contributed by atoms with E-state index in [-0.39, 0.29) is 11.9 Å². The van der Waals surface area contributed by atoms with Gasteiger partial charge in [-0.1, -0.05) is 31.4 Å². The fraction of sp³-hybridized carbons (Fsp3) is 0.500. The molecule has 1 unspecified atom stereocenters. The number of oxazole rings is 1. The largest absolute Gasteiger partial charge is 0.420 e. The van der Waals surface area contributed by atoms with Crippen molar-refractivity contribution in [3.05, 3.63) is 34.8 Å². The number of fused-ring (bicyclic) bond motifs is 1. The number of carbonyl (C=O) groups is 1. The molecule has 1 aromatic carbocycles. The summed E-state index contributed by atoms with van der Waals surface area (Å²) in [6, 6.07) is 6.84. The van der Waals surface area contributed by atoms with E-state index in [1.54, 1.807) is 19.1 Å². The van der Waals surface area contributed by atoms with Gasteiger partial charge in [0.1, 0.15) is 6.04 Å². The molecule has 5 nitrogen and oxygen atoms in total. The van der Waals surface area contributed by atoms with Crippen molar-refractivity contribution < 1.29 is 9.21 Å². The molecule has 3 rings (SSSR count). The molecule has 1 saturated carbocycles. The number of rotatable bonds is 3. The molecule has 0 saturated heterocycles. The first kappa shape index (κ1) is 13.9. The molecule has 0 aliphatic heterocycles. The summed E-state index contributed by atoms with van der Waals surface area (Å²) >= 11 is 0. The zero-order valence-electron chi connectivity index (χ0n) is 12.2. The van der Waals surface area contributed by atoms with E-state index in [2.05, 4.69) is 5.32 Å². The first-order valence-corrected chi connectivity index (χ1v) is 7.57. The van der Waals surface area contributed by atoms with Gasteiger partial charge >= 0.3 is 5.76 Å². The summed E-state index contributed by atoms with van der Waals surface area (Å²) in [5.41, 5.74) is 1.17. The van der Waals surface area contributed by atoms with E-state index in [1.807, 2.05) is 12.1 Å². The third-order valence-corrected chi connectivity index (χ3v) is 4.24. The number of nitrogens with one attached hydrogen (secondary N) is 1. The first-order valence-electron chi connectivity index (χ1n) is 7.57. The van der Waals surface area contributed by atoms with Crippen LogP contribution in [0.5, 0.6) is 0 Å². The van der Waals surface area contributed by atoms with Crippen LogP contribution in [0.15, 0.2) is 33.5 Å². The molecule has 112 valence electrons. The topological polar surface area (TPSA) is 64.2 Å². The van der Waals surface area contributed by atoms with Gasteiger partial charge in [0.05, 0.1) is 5.52 Å². The molecule has 5 heteroatoms. The van der Waals surface area contributed by atoms with E-state index in [1.165, 1.54) is 11.0 Å². The second kappa shape index (κ2) is 5.76. The van der Waals surface area contributed by atoms with Crippen molar-refractivity contribution in [2.45, 2.75) is 51.1 Å². The van der Waals surface area contributed by atoms with Crippen LogP contribution in [0.2, 0.25) is 0 Å². The maximum absolute atomic E-state index is 12.4. The van der Waals surface area contributed by atoms with E-state index in [4.69, 9.17) is 4.42 Å². The van der Waals surface area contributed by atoms with Crippen molar-refractivity contribution in [2.24, 2.45) is 0 Å². The Balaban J connectivity index is 1.82. The van der Waals surface area contributed by atoms with Crippen molar-refractivity contribution >= 4 is 17.0 Å². The Hall–Kier alpha value is -2.04. The zero-order valence-corrected chi connectivity index (χ0v) is 12.2. The Morgan fingerprint density at radius 2 is 2.00 bits per heavy atom. The lowest BCUT2D eigenvalue weighted by molar-refractivity contribution is -0.124. The lowest BCUT2D eigenvalue weighted by atomic mass is 9.95. The summed E-state index contributed by atoms with van der Waals surface area (Å²) in [6.45, 7) is 1.74. The summed E-state index contributed by atoms with van der Waals surface area (Å²) in [5.74, 6) is -0.599. The molecule has 1 atom stereocenters. The van der Waals surface area contributed by atoms with E-state index in [0.29, 0.717) is 11.1 Å². The fourth-order valence-corrected chi connectivity index (χ4v) is 3.04. The zero-order chi connectivity index (χ0) is 14.8. The van der Waals surface area contributed by atoms with E-state index in [0.717, 1.165) is 25.7 Å². The summed E-state index contributed by atoms with van der Waals surface area (Å²) in [5, 5.41) is 3.06. The van der Waals surface area contributed by atoms with Gasteiger partial charge in [0, 0.05) is 6.04 Å². The minimum Gasteiger partial charge on any atom is -0.408 e. The predicted octanol–water partition coefficient (Wildman–Crippen LogP) is 2.60. The molecule has 1 aliphatic carbocycles. The maximum Gasteiger partial charge on any atom is 0.420 e. The van der Waals surface area contributed by atoms with Crippen molar-refractivity contribution in [3.63, 3.8) is 0 Å². The van der Waals surface area contributed by atoms with Gasteiger partial charge in [-0.05, 0) is 31.9 Å². The number of amides is 1. The number of hydrogen-bond donors (Lipinski definition) is 1. The summed E-state index contributed by atoms with van der Waals surface area (Å²) in [6.07, 6.45) is 5.62. The third-order valence-electron chi connectivity index (χ3n) is 4.24. The van der Waals surface area contributed by atoms with Crippen LogP contribution in [0.25, 0.3) is 11.1 Å². The Morgan fingerprint density at radius 3 is 2.76 bits per heavy atom. The highest BCUT2D eigenvalue weighted by atomic mass is 16.4. The fourth-order valence-electron chi connectivity index (χ4n) is 3.04. The third kappa shape index (κ3) is 2.73. The molecular formula is C16H20N2O3. The number of carbonyl (C=O) groups excluding carboxylic acids is 1. The van der Waals surface area contributed by atoms with Crippen LogP contribution in [-0.4, -0.2) is 16.5 Å². The molecule has 1 heterocycles. The van der Waals surface area contributed by atoms with Gasteiger partial charge in [-0.15, -0.1) is 0 Å². The van der Waals surface area contributed by atoms with Crippen LogP contribution in [0, 0.1) is 0 Å². The van der Waals surface area contributed by atoms with Crippen molar-refractivity contribution in [1.82, 2.24) is 9.88 Å². The van der Waals surface area contributed by atoms with E-state index >= 15 is 0 Å². The SMILES string of the molecule is CC(C(=O)NC1CCCCC1)n1c(=O)oc2ccccc21. The molecule has 1 aromatic heterocycles. The highest BCUT2D eigenvalue weighted by Gasteiger charge is 2.24. The van der Waals surface area contributed by atoms with Crippen molar-refractivity contribution in [2.75, 3.05) is 0 Å². The molecule has 0 bridgehead atoms. The maximum atomic E-state index is 12.4. The van der Waals surface area contributed by atoms with Gasteiger partial charge < -0.3 is 9.73 Å². The molecule has 1 amide bonds. The number of aromatic nitrogens is 1. The minimum absolute atomic E-state index is 0.115. The van der Waals surface area contributed by atoms with Crippen LogP contribution in [0.4, 0.5) is 0 Å². The van der Waals surface area contributed by atoms with Gasteiger partial charge in [-0.3, -0.25) is 9.36 Å². The Labute approximate surface area is 122 Å². The summed E-state index contributed by atoms with van der Waals surface area (Å²) < 4.78 is 6.61. The minimum atomic E-state index is -0.567. The second-order valence-electron chi connectivity index (χ2n) is 5.73. The summed E-state index contributed by atoms with van der Waals surface area (Å²) in [7, 11) is 0. The van der Waals surface area contributed by atoms with Crippen molar-refractivity contribution in [3.8, 4) is 0 Å². The Bertz CT molecular complexity index is 695. The van der Waals surface area contributed by atoms with Crippen molar-refractivity contribution in [1.29, 1.82) is 0 Å². The molecule has 1 fully saturated rings. The predicted molar refractivity (Wildman–Crippen MR) is 80.2 cm³/mol. The van der Waals surface area contributed by atoms with Crippen LogP contribution in [-0.2, 0) is 4.79 Å². The first-order chi connectivity index (χ1) is 10.2. The number of hydrogen-bond acceptors (Lipinski definition) is 3. The van der Waals surface area contributed by atoms with Gasteiger partial charge in [0.15, 0.2) is 5.58 Å².